The molecule has 8 N–H and O–H groups in total. The van der Waals surface area contributed by atoms with Gasteiger partial charge in [0.25, 0.3) is 0 Å². The van der Waals surface area contributed by atoms with Gasteiger partial charge in [0.05, 0.1) is 12.5 Å². The number of hydrogen-bond donors (Lipinski definition) is 7. The number of rotatable bonds is 15. The van der Waals surface area contributed by atoms with Gasteiger partial charge < -0.3 is 37.0 Å². The Kier molecular flexibility index (Phi) is 12.7. The first kappa shape index (κ1) is 29.8. The molecule has 0 bridgehead atoms. The third-order valence-electron chi connectivity index (χ3n) is 5.09. The second-order valence-corrected chi connectivity index (χ2v) is 8.13. The highest BCUT2D eigenvalue weighted by atomic mass is 16.4. The minimum Gasteiger partial charge on any atom is -0.481 e. The van der Waals surface area contributed by atoms with E-state index in [0.29, 0.717) is 6.42 Å². The first-order valence-electron chi connectivity index (χ1n) is 10.5. The Morgan fingerprint density at radius 2 is 1.33 bits per heavy atom. The van der Waals surface area contributed by atoms with Crippen LogP contribution in [-0.2, 0) is 28.8 Å². The molecule has 0 radical (unpaired) electrons. The second-order valence-electron chi connectivity index (χ2n) is 8.13. The lowest BCUT2D eigenvalue weighted by Crippen LogP contribution is -2.59. The van der Waals surface area contributed by atoms with E-state index in [2.05, 4.69) is 16.0 Å². The lowest BCUT2D eigenvalue weighted by molar-refractivity contribution is -0.147. The SMILES string of the molecule is CC[C@H](C)[C@H](NC(=O)[C@H](CCC(=O)O)NC(=O)[C@@H](N)C(C)C)C(=O)N[C@@H](CC(=O)O)C(=O)O. The van der Waals surface area contributed by atoms with Gasteiger partial charge in [0.2, 0.25) is 17.7 Å². The molecule has 5 atom stereocenters. The number of aliphatic carboxylic acids is 3. The molecule has 188 valence electrons. The Labute approximate surface area is 191 Å². The smallest absolute Gasteiger partial charge is 0.326 e. The van der Waals surface area contributed by atoms with Crippen molar-refractivity contribution in [1.29, 1.82) is 0 Å². The first-order chi connectivity index (χ1) is 15.2. The molecule has 13 nitrogen and oxygen atoms in total. The average Bonchev–Trinajstić information content (AvgIpc) is 2.71. The maximum Gasteiger partial charge on any atom is 0.326 e. The Morgan fingerprint density at radius 1 is 0.788 bits per heavy atom. The van der Waals surface area contributed by atoms with Gasteiger partial charge in [-0.05, 0) is 18.3 Å². The number of hydrogen-bond acceptors (Lipinski definition) is 7. The molecule has 0 spiro atoms. The van der Waals surface area contributed by atoms with Crippen molar-refractivity contribution in [2.45, 2.75) is 77.5 Å². The van der Waals surface area contributed by atoms with Crippen LogP contribution in [0.3, 0.4) is 0 Å². The predicted octanol–water partition coefficient (Wildman–Crippen LogP) is -1.11. The molecule has 0 aliphatic heterocycles. The first-order valence-corrected chi connectivity index (χ1v) is 10.5. The van der Waals surface area contributed by atoms with Crippen LogP contribution in [0.1, 0.15) is 53.4 Å². The highest BCUT2D eigenvalue weighted by Gasteiger charge is 2.33. The highest BCUT2D eigenvalue weighted by Crippen LogP contribution is 2.11. The van der Waals surface area contributed by atoms with Crippen molar-refractivity contribution in [3.05, 3.63) is 0 Å². The van der Waals surface area contributed by atoms with Gasteiger partial charge in [0.1, 0.15) is 18.1 Å². The van der Waals surface area contributed by atoms with E-state index in [1.54, 1.807) is 27.7 Å². The van der Waals surface area contributed by atoms with Crippen LogP contribution in [0.15, 0.2) is 0 Å². The molecule has 0 aromatic rings. The van der Waals surface area contributed by atoms with E-state index >= 15 is 0 Å². The summed E-state index contributed by atoms with van der Waals surface area (Å²) in [4.78, 5) is 71.0. The van der Waals surface area contributed by atoms with Gasteiger partial charge >= 0.3 is 17.9 Å². The molecule has 3 amide bonds. The zero-order valence-electron chi connectivity index (χ0n) is 19.2. The van der Waals surface area contributed by atoms with Crippen LogP contribution in [0.4, 0.5) is 0 Å². The molecule has 0 fully saturated rings. The van der Waals surface area contributed by atoms with Gasteiger partial charge in [-0.3, -0.25) is 24.0 Å². The molecular formula is C20H34N4O9. The second kappa shape index (κ2) is 14.0. The lowest BCUT2D eigenvalue weighted by atomic mass is 9.96. The van der Waals surface area contributed by atoms with Crippen LogP contribution < -0.4 is 21.7 Å². The molecule has 0 saturated carbocycles. The third kappa shape index (κ3) is 10.8. The molecule has 0 aromatic carbocycles. The van der Waals surface area contributed by atoms with Crippen LogP contribution in [0.25, 0.3) is 0 Å². The molecule has 0 heterocycles. The van der Waals surface area contributed by atoms with Crippen molar-refractivity contribution in [3.63, 3.8) is 0 Å². The van der Waals surface area contributed by atoms with Crippen LogP contribution in [-0.4, -0.2) is 75.1 Å². The summed E-state index contributed by atoms with van der Waals surface area (Å²) in [6, 6.07) is -5.25. The monoisotopic (exact) mass is 474 g/mol. The molecule has 0 aromatic heterocycles. The van der Waals surface area contributed by atoms with Crippen molar-refractivity contribution in [2.24, 2.45) is 17.6 Å². The summed E-state index contributed by atoms with van der Waals surface area (Å²) in [5.41, 5.74) is 5.78. The number of nitrogens with two attached hydrogens (primary N) is 1. The predicted molar refractivity (Wildman–Crippen MR) is 115 cm³/mol. The Morgan fingerprint density at radius 3 is 1.76 bits per heavy atom. The molecule has 13 heteroatoms. The summed E-state index contributed by atoms with van der Waals surface area (Å²) in [6.45, 7) is 6.71. The van der Waals surface area contributed by atoms with Crippen LogP contribution in [0.2, 0.25) is 0 Å². The van der Waals surface area contributed by atoms with Crippen molar-refractivity contribution in [2.75, 3.05) is 0 Å². The average molecular weight is 475 g/mol. The highest BCUT2D eigenvalue weighted by molar-refractivity contribution is 5.95. The zero-order valence-corrected chi connectivity index (χ0v) is 19.2. The van der Waals surface area contributed by atoms with E-state index in [4.69, 9.17) is 21.1 Å². The van der Waals surface area contributed by atoms with E-state index in [-0.39, 0.29) is 12.3 Å². The van der Waals surface area contributed by atoms with E-state index in [0.717, 1.165) is 0 Å². The quantitative estimate of drug-likeness (QED) is 0.151. The number of carboxylic acids is 3. The normalized spacial score (nSPS) is 15.5. The fraction of sp³-hybridized carbons (Fsp3) is 0.700. The summed E-state index contributed by atoms with van der Waals surface area (Å²) in [7, 11) is 0. The summed E-state index contributed by atoms with van der Waals surface area (Å²) in [5, 5.41) is 33.9. The van der Waals surface area contributed by atoms with Gasteiger partial charge in [-0.2, -0.15) is 0 Å². The maximum absolute atomic E-state index is 12.9. The van der Waals surface area contributed by atoms with Crippen molar-refractivity contribution < 1.29 is 44.1 Å². The number of nitrogens with one attached hydrogen (secondary N) is 3. The van der Waals surface area contributed by atoms with Crippen molar-refractivity contribution >= 4 is 35.6 Å². The molecular weight excluding hydrogens is 440 g/mol. The molecule has 33 heavy (non-hydrogen) atoms. The Bertz CT molecular complexity index is 741. The minimum absolute atomic E-state index is 0.256. The summed E-state index contributed by atoms with van der Waals surface area (Å²) >= 11 is 0. The number of carbonyl (C=O) groups is 6. The topological polar surface area (TPSA) is 225 Å². The van der Waals surface area contributed by atoms with Gasteiger partial charge in [-0.15, -0.1) is 0 Å². The van der Waals surface area contributed by atoms with E-state index in [1.165, 1.54) is 0 Å². The molecule has 0 saturated heterocycles. The van der Waals surface area contributed by atoms with Crippen molar-refractivity contribution in [3.8, 4) is 0 Å². The van der Waals surface area contributed by atoms with Gasteiger partial charge in [0, 0.05) is 6.42 Å². The van der Waals surface area contributed by atoms with Gasteiger partial charge in [-0.1, -0.05) is 34.1 Å². The fourth-order valence-corrected chi connectivity index (χ4v) is 2.70. The maximum atomic E-state index is 12.9. The van der Waals surface area contributed by atoms with Gasteiger partial charge in [0.15, 0.2) is 0 Å². The number of amides is 3. The number of carboxylic acid groups (broad SMARTS) is 3. The molecule has 0 unspecified atom stereocenters. The minimum atomic E-state index is -1.72. The van der Waals surface area contributed by atoms with Gasteiger partial charge in [-0.25, -0.2) is 4.79 Å². The Balaban J connectivity index is 5.65. The van der Waals surface area contributed by atoms with E-state index < -0.39 is 78.6 Å². The molecule has 0 aliphatic rings. The fourth-order valence-electron chi connectivity index (χ4n) is 2.70. The van der Waals surface area contributed by atoms with Crippen LogP contribution >= 0.6 is 0 Å². The number of carbonyl (C=O) groups excluding carboxylic acids is 3. The van der Waals surface area contributed by atoms with Crippen LogP contribution in [0.5, 0.6) is 0 Å². The zero-order chi connectivity index (χ0) is 25.9. The lowest BCUT2D eigenvalue weighted by Gasteiger charge is -2.28. The summed E-state index contributed by atoms with van der Waals surface area (Å²) in [5.74, 6) is -7.41. The molecule has 0 rings (SSSR count). The van der Waals surface area contributed by atoms with Crippen molar-refractivity contribution in [1.82, 2.24) is 16.0 Å². The summed E-state index contributed by atoms with van der Waals surface area (Å²) < 4.78 is 0. The third-order valence-corrected chi connectivity index (χ3v) is 5.09. The van der Waals surface area contributed by atoms with E-state index in [1.807, 2.05) is 0 Å². The standard InChI is InChI=1S/C20H34N4O9/c1-5-10(4)16(19(31)23-12(20(32)33)8-14(27)28)24-17(29)11(6-7-13(25)26)22-18(30)15(21)9(2)3/h9-12,15-16H,5-8,21H2,1-4H3,(H,22,30)(H,23,31)(H,24,29)(H,25,26)(H,27,28)(H,32,33)/t10-,11-,12-,15-,16-/m0/s1. The summed E-state index contributed by atoms with van der Waals surface area (Å²) in [6.07, 6.45) is -1.20. The van der Waals surface area contributed by atoms with Crippen LogP contribution in [0, 0.1) is 11.8 Å². The largest absolute Gasteiger partial charge is 0.481 e. The Hall–Kier alpha value is -3.22. The molecule has 0 aliphatic carbocycles. The van der Waals surface area contributed by atoms with E-state index in [9.17, 15) is 28.8 Å².